The molecule has 0 saturated heterocycles. The van der Waals surface area contributed by atoms with Crippen molar-refractivity contribution in [1.82, 2.24) is 0 Å². The summed E-state index contributed by atoms with van der Waals surface area (Å²) in [5, 5.41) is 2.26. The summed E-state index contributed by atoms with van der Waals surface area (Å²) in [5.41, 5.74) is 2.25. The molecule has 1 aromatic carbocycles. The highest BCUT2D eigenvalue weighted by molar-refractivity contribution is 7.99. The standard InChI is InChI=1S/C13H14OS/c1-3-7-11-10-8-5-6-9-12(10)14-13(11)15-4-2/h3,5-6,8-9H,1,4,7H2,2H3. The first-order valence-corrected chi connectivity index (χ1v) is 6.09. The molecule has 0 radical (unpaired) electrons. The van der Waals surface area contributed by atoms with E-state index in [1.807, 2.05) is 24.3 Å². The van der Waals surface area contributed by atoms with Gasteiger partial charge in [0.15, 0.2) is 5.09 Å². The highest BCUT2D eigenvalue weighted by atomic mass is 32.2. The minimum Gasteiger partial charge on any atom is -0.450 e. The van der Waals surface area contributed by atoms with Crippen LogP contribution in [0.25, 0.3) is 11.0 Å². The molecule has 0 saturated carbocycles. The van der Waals surface area contributed by atoms with Crippen LogP contribution in [-0.2, 0) is 6.42 Å². The molecule has 2 rings (SSSR count). The molecule has 15 heavy (non-hydrogen) atoms. The minimum absolute atomic E-state index is 0.874. The van der Waals surface area contributed by atoms with Gasteiger partial charge in [-0.05, 0) is 18.2 Å². The van der Waals surface area contributed by atoms with Crippen LogP contribution in [-0.4, -0.2) is 5.75 Å². The van der Waals surface area contributed by atoms with Crippen LogP contribution in [0.3, 0.4) is 0 Å². The largest absolute Gasteiger partial charge is 0.450 e. The summed E-state index contributed by atoms with van der Waals surface area (Å²) in [4.78, 5) is 0. The van der Waals surface area contributed by atoms with Crippen molar-refractivity contribution in [1.29, 1.82) is 0 Å². The minimum atomic E-state index is 0.874. The van der Waals surface area contributed by atoms with Gasteiger partial charge in [-0.2, -0.15) is 0 Å². The van der Waals surface area contributed by atoms with Crippen LogP contribution in [0.2, 0.25) is 0 Å². The number of hydrogen-bond donors (Lipinski definition) is 0. The Kier molecular flexibility index (Phi) is 3.17. The van der Waals surface area contributed by atoms with Crippen molar-refractivity contribution >= 4 is 22.7 Å². The first-order valence-electron chi connectivity index (χ1n) is 5.11. The zero-order valence-corrected chi connectivity index (χ0v) is 9.64. The number of furan rings is 1. The van der Waals surface area contributed by atoms with Crippen molar-refractivity contribution in [3.63, 3.8) is 0 Å². The van der Waals surface area contributed by atoms with Gasteiger partial charge in [0.25, 0.3) is 0 Å². The Morgan fingerprint density at radius 2 is 2.20 bits per heavy atom. The van der Waals surface area contributed by atoms with Gasteiger partial charge >= 0.3 is 0 Å². The second kappa shape index (κ2) is 4.58. The molecular formula is C13H14OS. The molecule has 0 atom stereocenters. The van der Waals surface area contributed by atoms with Crippen LogP contribution in [0.15, 0.2) is 46.4 Å². The van der Waals surface area contributed by atoms with Crippen molar-refractivity contribution in [2.75, 3.05) is 5.75 Å². The van der Waals surface area contributed by atoms with Gasteiger partial charge < -0.3 is 4.42 Å². The molecular weight excluding hydrogens is 204 g/mol. The molecule has 1 nitrogen and oxygen atoms in total. The second-order valence-electron chi connectivity index (χ2n) is 3.29. The first kappa shape index (κ1) is 10.4. The molecule has 0 unspecified atom stereocenters. The average Bonchev–Trinajstić information content (AvgIpc) is 2.59. The molecule has 0 aliphatic heterocycles. The van der Waals surface area contributed by atoms with Gasteiger partial charge in [-0.25, -0.2) is 0 Å². The summed E-state index contributed by atoms with van der Waals surface area (Å²) < 4.78 is 5.81. The number of rotatable bonds is 4. The third kappa shape index (κ3) is 1.95. The Labute approximate surface area is 94.2 Å². The van der Waals surface area contributed by atoms with E-state index < -0.39 is 0 Å². The summed E-state index contributed by atoms with van der Waals surface area (Å²) in [7, 11) is 0. The van der Waals surface area contributed by atoms with Crippen LogP contribution in [0, 0.1) is 0 Å². The predicted molar refractivity (Wildman–Crippen MR) is 66.5 cm³/mol. The van der Waals surface area contributed by atoms with Gasteiger partial charge in [0.1, 0.15) is 5.58 Å². The van der Waals surface area contributed by atoms with Crippen molar-refractivity contribution in [2.24, 2.45) is 0 Å². The first-order chi connectivity index (χ1) is 7.36. The molecule has 0 spiro atoms. The van der Waals surface area contributed by atoms with Crippen molar-refractivity contribution in [3.05, 3.63) is 42.5 Å². The quantitative estimate of drug-likeness (QED) is 0.561. The highest BCUT2D eigenvalue weighted by Gasteiger charge is 2.11. The van der Waals surface area contributed by atoms with Crippen LogP contribution >= 0.6 is 11.8 Å². The van der Waals surface area contributed by atoms with E-state index in [1.165, 1.54) is 10.9 Å². The summed E-state index contributed by atoms with van der Waals surface area (Å²) in [6.07, 6.45) is 2.80. The number of thioether (sulfide) groups is 1. The molecule has 0 amide bonds. The third-order valence-electron chi connectivity index (χ3n) is 2.29. The molecule has 0 N–H and O–H groups in total. The molecule has 1 aromatic heterocycles. The van der Waals surface area contributed by atoms with E-state index in [4.69, 9.17) is 4.42 Å². The summed E-state index contributed by atoms with van der Waals surface area (Å²) in [6.45, 7) is 5.93. The van der Waals surface area contributed by atoms with E-state index in [0.29, 0.717) is 0 Å². The van der Waals surface area contributed by atoms with Crippen LogP contribution in [0.4, 0.5) is 0 Å². The van der Waals surface area contributed by atoms with Crippen LogP contribution < -0.4 is 0 Å². The van der Waals surface area contributed by atoms with Crippen LogP contribution in [0.1, 0.15) is 12.5 Å². The summed E-state index contributed by atoms with van der Waals surface area (Å²) in [6, 6.07) is 8.17. The van der Waals surface area contributed by atoms with Crippen molar-refractivity contribution in [2.45, 2.75) is 18.4 Å². The van der Waals surface area contributed by atoms with Gasteiger partial charge in [0.05, 0.1) is 0 Å². The highest BCUT2D eigenvalue weighted by Crippen LogP contribution is 2.33. The molecule has 1 heterocycles. The number of para-hydroxylation sites is 1. The number of hydrogen-bond acceptors (Lipinski definition) is 2. The van der Waals surface area contributed by atoms with E-state index in [1.54, 1.807) is 11.8 Å². The number of fused-ring (bicyclic) bond motifs is 1. The maximum atomic E-state index is 5.81. The fourth-order valence-electron chi connectivity index (χ4n) is 1.66. The molecule has 2 heteroatoms. The van der Waals surface area contributed by atoms with Gasteiger partial charge in [-0.1, -0.05) is 43.0 Å². The maximum Gasteiger partial charge on any atom is 0.165 e. The average molecular weight is 218 g/mol. The molecule has 0 fully saturated rings. The number of benzene rings is 1. The Morgan fingerprint density at radius 1 is 1.40 bits per heavy atom. The monoisotopic (exact) mass is 218 g/mol. The lowest BCUT2D eigenvalue weighted by Gasteiger charge is -1.96. The van der Waals surface area contributed by atoms with Gasteiger partial charge in [0.2, 0.25) is 0 Å². The van der Waals surface area contributed by atoms with E-state index in [9.17, 15) is 0 Å². The zero-order valence-electron chi connectivity index (χ0n) is 8.82. The van der Waals surface area contributed by atoms with Gasteiger partial charge in [-0.3, -0.25) is 0 Å². The number of allylic oxidation sites excluding steroid dienone is 1. The van der Waals surface area contributed by atoms with Gasteiger partial charge in [0, 0.05) is 10.9 Å². The Balaban J connectivity index is 2.57. The Bertz CT molecular complexity index is 470. The second-order valence-corrected chi connectivity index (χ2v) is 4.53. The lowest BCUT2D eigenvalue weighted by molar-refractivity contribution is 0.508. The van der Waals surface area contributed by atoms with Crippen LogP contribution in [0.5, 0.6) is 0 Å². The van der Waals surface area contributed by atoms with Crippen molar-refractivity contribution < 1.29 is 4.42 Å². The summed E-state index contributed by atoms with van der Waals surface area (Å²) in [5.74, 6) is 1.03. The lowest BCUT2D eigenvalue weighted by Crippen LogP contribution is -1.81. The Morgan fingerprint density at radius 3 is 2.93 bits per heavy atom. The van der Waals surface area contributed by atoms with E-state index in [2.05, 4.69) is 19.6 Å². The SMILES string of the molecule is C=CCc1c(SCC)oc2ccccc12. The third-order valence-corrected chi connectivity index (χ3v) is 3.17. The topological polar surface area (TPSA) is 13.1 Å². The summed E-state index contributed by atoms with van der Waals surface area (Å²) >= 11 is 1.75. The molecule has 2 aromatic rings. The fourth-order valence-corrected chi connectivity index (χ4v) is 2.44. The maximum absolute atomic E-state index is 5.81. The normalized spacial score (nSPS) is 10.7. The van der Waals surface area contributed by atoms with E-state index in [-0.39, 0.29) is 0 Å². The Hall–Kier alpha value is -1.15. The molecule has 0 aliphatic carbocycles. The molecule has 78 valence electrons. The smallest absolute Gasteiger partial charge is 0.165 e. The lowest BCUT2D eigenvalue weighted by atomic mass is 10.1. The van der Waals surface area contributed by atoms with Gasteiger partial charge in [-0.15, -0.1) is 6.58 Å². The molecule has 0 aliphatic rings. The zero-order chi connectivity index (χ0) is 10.7. The van der Waals surface area contributed by atoms with Crippen molar-refractivity contribution in [3.8, 4) is 0 Å². The van der Waals surface area contributed by atoms with E-state index >= 15 is 0 Å². The molecule has 0 bridgehead atoms. The predicted octanol–water partition coefficient (Wildman–Crippen LogP) is 4.27. The van der Waals surface area contributed by atoms with E-state index in [0.717, 1.165) is 22.8 Å². The fraction of sp³-hybridized carbons (Fsp3) is 0.231.